The summed E-state index contributed by atoms with van der Waals surface area (Å²) in [5, 5.41) is 48.1. The minimum atomic E-state index is 0.266. The van der Waals surface area contributed by atoms with E-state index in [4.69, 9.17) is 9.97 Å². The topological polar surface area (TPSA) is 136 Å². The predicted octanol–water partition coefficient (Wildman–Crippen LogP) is 17.6. The Kier molecular flexibility index (Phi) is 11.2. The SMILES string of the molecule is N#Cc1cccc(-c2cc(-c3c(C#N)cc(-c4ccc(-c5ccc(-n6c7ccc(-n8c9ccccc9c9ccccc98)cc7c7cc(-n8c9ccccc9c9ccccc98)ccc76)cc5)cc4)cc3C#N)nc(-c3cccc(C#N)c3)n2)c1. The van der Waals surface area contributed by atoms with Gasteiger partial charge in [-0.2, -0.15) is 21.0 Å². The van der Waals surface area contributed by atoms with Crippen LogP contribution in [0.25, 0.3) is 139 Å². The van der Waals surface area contributed by atoms with Crippen LogP contribution in [0.3, 0.4) is 0 Å². The number of fused-ring (bicyclic) bond motifs is 9. The summed E-state index contributed by atoms with van der Waals surface area (Å²) in [6, 6.07) is 93.5. The molecular formula is C74H41N9. The molecule has 0 spiro atoms. The normalized spacial score (nSPS) is 11.3. The fraction of sp³-hybridized carbons (Fsp3) is 0. The molecule has 0 aliphatic rings. The third kappa shape index (κ3) is 7.90. The Hall–Kier alpha value is -12.1. The van der Waals surface area contributed by atoms with Crippen LogP contribution in [0.5, 0.6) is 0 Å². The number of benzene rings is 11. The third-order valence-electron chi connectivity index (χ3n) is 16.0. The van der Waals surface area contributed by atoms with Crippen LogP contribution < -0.4 is 0 Å². The molecule has 15 aromatic rings. The van der Waals surface area contributed by atoms with Crippen LogP contribution in [0.2, 0.25) is 0 Å². The summed E-state index contributed by atoms with van der Waals surface area (Å²) in [4.78, 5) is 9.76. The van der Waals surface area contributed by atoms with Crippen molar-refractivity contribution in [1.82, 2.24) is 23.7 Å². The lowest BCUT2D eigenvalue weighted by atomic mass is 9.92. The molecule has 15 rings (SSSR count). The van der Waals surface area contributed by atoms with E-state index in [9.17, 15) is 21.0 Å². The molecule has 0 aliphatic heterocycles. The second-order valence-electron chi connectivity index (χ2n) is 20.6. The van der Waals surface area contributed by atoms with E-state index in [0.717, 1.165) is 77.6 Å². The van der Waals surface area contributed by atoms with E-state index in [1.165, 1.54) is 21.5 Å². The van der Waals surface area contributed by atoms with Crippen LogP contribution in [0.4, 0.5) is 0 Å². The van der Waals surface area contributed by atoms with Crippen LogP contribution in [0.1, 0.15) is 22.3 Å². The van der Waals surface area contributed by atoms with Gasteiger partial charge in [-0.05, 0) is 138 Å². The lowest BCUT2D eigenvalue weighted by Crippen LogP contribution is -2.00. The Morgan fingerprint density at radius 2 is 0.651 bits per heavy atom. The first-order valence-corrected chi connectivity index (χ1v) is 27.1. The molecule has 0 bridgehead atoms. The van der Waals surface area contributed by atoms with E-state index < -0.39 is 0 Å². The number of nitriles is 4. The molecule has 4 aromatic heterocycles. The lowest BCUT2D eigenvalue weighted by molar-refractivity contribution is 1.16. The molecule has 9 heteroatoms. The van der Waals surface area contributed by atoms with Crippen molar-refractivity contribution in [2.24, 2.45) is 0 Å². The van der Waals surface area contributed by atoms with Gasteiger partial charge in [0.2, 0.25) is 0 Å². The quantitative estimate of drug-likeness (QED) is 0.149. The molecule has 382 valence electrons. The smallest absolute Gasteiger partial charge is 0.160 e. The Balaban J connectivity index is 0.807. The van der Waals surface area contributed by atoms with Crippen LogP contribution in [0.15, 0.2) is 249 Å². The number of aromatic nitrogens is 5. The summed E-state index contributed by atoms with van der Waals surface area (Å²) in [6.45, 7) is 0. The largest absolute Gasteiger partial charge is 0.309 e. The van der Waals surface area contributed by atoms with Crippen LogP contribution in [-0.4, -0.2) is 23.7 Å². The zero-order valence-corrected chi connectivity index (χ0v) is 44.2. The van der Waals surface area contributed by atoms with Gasteiger partial charge in [0.05, 0.1) is 91.0 Å². The first-order valence-electron chi connectivity index (χ1n) is 27.1. The number of nitrogens with zero attached hydrogens (tertiary/aromatic N) is 9. The number of hydrogen-bond acceptors (Lipinski definition) is 6. The molecule has 9 nitrogen and oxygen atoms in total. The summed E-state index contributed by atoms with van der Waals surface area (Å²) in [6.07, 6.45) is 0. The van der Waals surface area contributed by atoms with Crippen LogP contribution in [-0.2, 0) is 0 Å². The molecule has 0 atom stereocenters. The average molecular weight is 1060 g/mol. The van der Waals surface area contributed by atoms with Gasteiger partial charge in [0.1, 0.15) is 0 Å². The van der Waals surface area contributed by atoms with Crippen LogP contribution in [0, 0.1) is 45.3 Å². The Bertz CT molecular complexity index is 4990. The van der Waals surface area contributed by atoms with Crippen molar-refractivity contribution in [3.8, 4) is 97.5 Å². The Morgan fingerprint density at radius 3 is 1.12 bits per heavy atom. The molecule has 0 fully saturated rings. The van der Waals surface area contributed by atoms with E-state index in [0.29, 0.717) is 50.6 Å². The highest BCUT2D eigenvalue weighted by Gasteiger charge is 2.22. The van der Waals surface area contributed by atoms with Gasteiger partial charge in [-0.25, -0.2) is 9.97 Å². The molecule has 0 saturated heterocycles. The number of rotatable bonds is 8. The standard InChI is InChI=1S/C74H41N9/c75-42-46-11-9-13-51(35-46)65-41-66(80-74(79-65)52-14-10-12-47(36-52)43-76)73-54(44-77)37-53(38-55(73)45-78)50-25-23-48(24-26-50)49-27-29-56(30-28-49)81-71-33-31-57(82-67-19-5-1-15-59(67)60-16-2-6-20-68(60)82)39-63(71)64-40-58(32-34-72(64)81)83-69-21-7-3-17-61(69)62-18-4-8-22-70(62)83/h1-41H. The predicted molar refractivity (Wildman–Crippen MR) is 331 cm³/mol. The zero-order valence-electron chi connectivity index (χ0n) is 44.2. The minimum absolute atomic E-state index is 0.266. The number of hydrogen-bond donors (Lipinski definition) is 0. The van der Waals surface area contributed by atoms with Gasteiger partial charge in [-0.3, -0.25) is 0 Å². The molecule has 0 aliphatic carbocycles. The second-order valence-corrected chi connectivity index (χ2v) is 20.6. The first-order chi connectivity index (χ1) is 40.9. The maximum absolute atomic E-state index is 10.7. The fourth-order valence-corrected chi connectivity index (χ4v) is 12.2. The lowest BCUT2D eigenvalue weighted by Gasteiger charge is -2.14. The molecular weight excluding hydrogens is 1010 g/mol. The summed E-state index contributed by atoms with van der Waals surface area (Å²) >= 11 is 0. The van der Waals surface area contributed by atoms with E-state index in [1.54, 1.807) is 54.6 Å². The van der Waals surface area contributed by atoms with E-state index >= 15 is 0 Å². The highest BCUT2D eigenvalue weighted by molar-refractivity contribution is 6.14. The van der Waals surface area contributed by atoms with Gasteiger partial charge >= 0.3 is 0 Å². The monoisotopic (exact) mass is 1060 g/mol. The van der Waals surface area contributed by atoms with Gasteiger partial charge in [-0.1, -0.05) is 133 Å². The maximum Gasteiger partial charge on any atom is 0.160 e. The zero-order chi connectivity index (χ0) is 55.7. The van der Waals surface area contributed by atoms with Crippen molar-refractivity contribution in [2.45, 2.75) is 0 Å². The third-order valence-corrected chi connectivity index (χ3v) is 16.0. The van der Waals surface area contributed by atoms with E-state index in [1.807, 2.05) is 24.3 Å². The fourth-order valence-electron chi connectivity index (χ4n) is 12.2. The molecule has 11 aromatic carbocycles. The molecule has 0 radical (unpaired) electrons. The van der Waals surface area contributed by atoms with Crippen molar-refractivity contribution < 1.29 is 0 Å². The van der Waals surface area contributed by atoms with E-state index in [-0.39, 0.29) is 11.1 Å². The van der Waals surface area contributed by atoms with Crippen molar-refractivity contribution in [3.05, 3.63) is 271 Å². The Morgan fingerprint density at radius 1 is 0.265 bits per heavy atom. The Labute approximate surface area is 476 Å². The molecule has 0 saturated carbocycles. The minimum Gasteiger partial charge on any atom is -0.309 e. The first kappa shape index (κ1) is 48.0. The van der Waals surface area contributed by atoms with E-state index in [2.05, 4.69) is 208 Å². The maximum atomic E-state index is 10.7. The summed E-state index contributed by atoms with van der Waals surface area (Å²) in [5.74, 6) is 0.308. The number of para-hydroxylation sites is 4. The second kappa shape index (κ2) is 19.3. The van der Waals surface area contributed by atoms with Crippen molar-refractivity contribution in [2.75, 3.05) is 0 Å². The summed E-state index contributed by atoms with van der Waals surface area (Å²) in [7, 11) is 0. The molecule has 0 amide bonds. The van der Waals surface area contributed by atoms with Gasteiger partial charge in [-0.15, -0.1) is 0 Å². The van der Waals surface area contributed by atoms with Gasteiger partial charge in [0.15, 0.2) is 5.82 Å². The van der Waals surface area contributed by atoms with Crippen molar-refractivity contribution >= 4 is 65.4 Å². The average Bonchev–Trinajstić information content (AvgIpc) is 2.88. The van der Waals surface area contributed by atoms with Crippen molar-refractivity contribution in [1.29, 1.82) is 21.0 Å². The molecule has 83 heavy (non-hydrogen) atoms. The van der Waals surface area contributed by atoms with Gasteiger partial charge < -0.3 is 13.7 Å². The molecule has 0 N–H and O–H groups in total. The van der Waals surface area contributed by atoms with Crippen molar-refractivity contribution in [3.63, 3.8) is 0 Å². The molecule has 0 unspecified atom stereocenters. The summed E-state index contributed by atoms with van der Waals surface area (Å²) < 4.78 is 7.14. The van der Waals surface area contributed by atoms with Gasteiger partial charge in [0.25, 0.3) is 0 Å². The van der Waals surface area contributed by atoms with Gasteiger partial charge in [0, 0.05) is 66.1 Å². The summed E-state index contributed by atoms with van der Waals surface area (Å²) in [5.41, 5.74) is 17.5. The highest BCUT2D eigenvalue weighted by Crippen LogP contribution is 2.41. The van der Waals surface area contributed by atoms with Crippen LogP contribution >= 0.6 is 0 Å². The highest BCUT2D eigenvalue weighted by atomic mass is 15.0. The molecule has 4 heterocycles.